The molecule has 3 rings (SSSR count). The molecule has 1 saturated carbocycles. The lowest BCUT2D eigenvalue weighted by atomic mass is 9.90. The number of fused-ring (bicyclic) bond motifs is 1. The molecule has 1 saturated heterocycles. The van der Waals surface area contributed by atoms with Gasteiger partial charge in [0.25, 0.3) is 0 Å². The van der Waals surface area contributed by atoms with E-state index >= 15 is 0 Å². The summed E-state index contributed by atoms with van der Waals surface area (Å²) in [4.78, 5) is 1.21. The predicted molar refractivity (Wildman–Crippen MR) is 80.2 cm³/mol. The summed E-state index contributed by atoms with van der Waals surface area (Å²) in [6.45, 7) is 1.99. The van der Waals surface area contributed by atoms with Crippen LogP contribution in [-0.2, 0) is 6.18 Å². The predicted octanol–water partition coefficient (Wildman–Crippen LogP) is 4.11. The normalized spacial score (nSPS) is 29.7. The molecule has 1 unspecified atom stereocenters. The molecule has 26 heavy (non-hydrogen) atoms. The zero-order valence-corrected chi connectivity index (χ0v) is 13.7. The van der Waals surface area contributed by atoms with E-state index in [4.69, 9.17) is 5.26 Å². The van der Waals surface area contributed by atoms with E-state index in [1.807, 2.05) is 6.92 Å². The van der Waals surface area contributed by atoms with Crippen LogP contribution in [0.3, 0.4) is 0 Å². The van der Waals surface area contributed by atoms with Crippen molar-refractivity contribution in [3.8, 4) is 6.07 Å². The largest absolute Gasteiger partial charge is 0.417 e. The van der Waals surface area contributed by atoms with Gasteiger partial charge in [-0.2, -0.15) is 31.6 Å². The Morgan fingerprint density at radius 2 is 1.92 bits per heavy atom. The fourth-order valence-corrected chi connectivity index (χ4v) is 3.83. The zero-order chi connectivity index (χ0) is 19.5. The minimum Gasteiger partial charge on any atom is -0.382 e. The fourth-order valence-electron chi connectivity index (χ4n) is 3.83. The van der Waals surface area contributed by atoms with Gasteiger partial charge >= 0.3 is 12.4 Å². The van der Waals surface area contributed by atoms with E-state index in [0.717, 1.165) is 6.07 Å². The van der Waals surface area contributed by atoms with Crippen LogP contribution in [-0.4, -0.2) is 30.0 Å². The number of aliphatic hydroxyl groups excluding tert-OH is 1. The monoisotopic (exact) mass is 378 g/mol. The van der Waals surface area contributed by atoms with Crippen LogP contribution in [0.2, 0.25) is 0 Å². The van der Waals surface area contributed by atoms with Gasteiger partial charge in [0.2, 0.25) is 0 Å². The highest BCUT2D eigenvalue weighted by molar-refractivity contribution is 5.56. The molecule has 1 aliphatic carbocycles. The van der Waals surface area contributed by atoms with Crippen molar-refractivity contribution in [2.24, 2.45) is 11.3 Å². The van der Waals surface area contributed by atoms with E-state index in [2.05, 4.69) is 0 Å². The first-order valence-electron chi connectivity index (χ1n) is 7.99. The summed E-state index contributed by atoms with van der Waals surface area (Å²) in [7, 11) is 0. The van der Waals surface area contributed by atoms with Crippen LogP contribution in [0.4, 0.5) is 32.0 Å². The van der Waals surface area contributed by atoms with Gasteiger partial charge in [-0.1, -0.05) is 6.92 Å². The average molecular weight is 378 g/mol. The molecule has 0 spiro atoms. The highest BCUT2D eigenvalue weighted by atomic mass is 19.4. The molecule has 0 radical (unpaired) electrons. The van der Waals surface area contributed by atoms with Gasteiger partial charge < -0.3 is 10.0 Å². The van der Waals surface area contributed by atoms with E-state index in [0.29, 0.717) is 12.5 Å². The van der Waals surface area contributed by atoms with E-state index in [-0.39, 0.29) is 30.0 Å². The second kappa shape index (κ2) is 5.78. The Morgan fingerprint density at radius 3 is 2.46 bits per heavy atom. The minimum atomic E-state index is -4.87. The lowest BCUT2D eigenvalue weighted by Crippen LogP contribution is -2.54. The second-order valence-corrected chi connectivity index (χ2v) is 7.31. The number of benzene rings is 1. The molecule has 0 aromatic heterocycles. The van der Waals surface area contributed by atoms with Crippen LogP contribution in [0.15, 0.2) is 18.2 Å². The number of nitriles is 1. The van der Waals surface area contributed by atoms with Crippen molar-refractivity contribution < 1.29 is 31.4 Å². The van der Waals surface area contributed by atoms with Crippen LogP contribution in [0, 0.1) is 22.7 Å². The SMILES string of the molecule is CC12C[C@H]1C[C@H]([C@H](O)C(F)(F)F)N(c1ccc(C#N)c(C(F)(F)F)c1)C2. The summed E-state index contributed by atoms with van der Waals surface area (Å²) in [6.07, 6.45) is -11.6. The third kappa shape index (κ3) is 3.22. The number of rotatable bonds is 2. The number of halogens is 6. The molecule has 4 atom stereocenters. The van der Waals surface area contributed by atoms with Crippen LogP contribution < -0.4 is 4.90 Å². The summed E-state index contributed by atoms with van der Waals surface area (Å²) >= 11 is 0. The van der Waals surface area contributed by atoms with Crippen LogP contribution in [0.5, 0.6) is 0 Å². The number of aliphatic hydroxyl groups is 1. The van der Waals surface area contributed by atoms with E-state index in [1.165, 1.54) is 17.0 Å². The van der Waals surface area contributed by atoms with Gasteiger partial charge in [0.05, 0.1) is 23.2 Å². The molecule has 1 aromatic rings. The lowest BCUT2D eigenvalue weighted by molar-refractivity contribution is -0.211. The Hall–Kier alpha value is -1.95. The van der Waals surface area contributed by atoms with Crippen molar-refractivity contribution in [1.29, 1.82) is 5.26 Å². The first kappa shape index (κ1) is 18.8. The molecular weight excluding hydrogens is 362 g/mol. The minimum absolute atomic E-state index is 0.0150. The molecule has 1 aliphatic heterocycles. The Kier molecular flexibility index (Phi) is 4.18. The number of nitrogens with zero attached hydrogens (tertiary/aromatic N) is 2. The number of hydrogen-bond acceptors (Lipinski definition) is 3. The standard InChI is InChI=1S/C17H16F6N2O/c1-15-6-10(15)4-13(14(26)17(21,22)23)25(8-15)11-3-2-9(7-24)12(5-11)16(18,19)20/h2-3,5,10,13-14,26H,4,6,8H2,1H3/t10-,13-,14+,15?/m1/s1. The number of hydrogen-bond donors (Lipinski definition) is 1. The Morgan fingerprint density at radius 1 is 1.27 bits per heavy atom. The maximum atomic E-state index is 13.2. The van der Waals surface area contributed by atoms with Crippen LogP contribution >= 0.6 is 0 Å². The molecule has 1 aromatic carbocycles. The molecule has 3 nitrogen and oxygen atoms in total. The highest BCUT2D eigenvalue weighted by Crippen LogP contribution is 2.59. The van der Waals surface area contributed by atoms with Gasteiger partial charge in [0, 0.05) is 12.2 Å². The van der Waals surface area contributed by atoms with Crippen molar-refractivity contribution >= 4 is 5.69 Å². The highest BCUT2D eigenvalue weighted by Gasteiger charge is 2.59. The van der Waals surface area contributed by atoms with Crippen molar-refractivity contribution in [3.05, 3.63) is 29.3 Å². The first-order valence-corrected chi connectivity index (χ1v) is 7.99. The molecule has 0 amide bonds. The van der Waals surface area contributed by atoms with Gasteiger partial charge in [-0.05, 0) is 42.4 Å². The summed E-state index contributed by atoms with van der Waals surface area (Å²) in [5.74, 6) is 0.0150. The van der Waals surface area contributed by atoms with Crippen LogP contribution in [0.1, 0.15) is 30.9 Å². The molecule has 142 valence electrons. The van der Waals surface area contributed by atoms with Gasteiger partial charge in [0.15, 0.2) is 6.10 Å². The molecular formula is C17H16F6N2O. The van der Waals surface area contributed by atoms with Crippen molar-refractivity contribution in [2.75, 3.05) is 11.4 Å². The summed E-state index contributed by atoms with van der Waals surface area (Å²) < 4.78 is 78.7. The number of piperidine rings is 1. The van der Waals surface area contributed by atoms with E-state index in [9.17, 15) is 31.4 Å². The Bertz CT molecular complexity index is 753. The molecule has 9 heteroatoms. The smallest absolute Gasteiger partial charge is 0.382 e. The van der Waals surface area contributed by atoms with Crippen molar-refractivity contribution in [2.45, 2.75) is 44.3 Å². The average Bonchev–Trinajstić information content (AvgIpc) is 3.20. The number of alkyl halides is 6. The molecule has 2 fully saturated rings. The number of anilines is 1. The third-order valence-electron chi connectivity index (χ3n) is 5.46. The topological polar surface area (TPSA) is 47.3 Å². The summed E-state index contributed by atoms with van der Waals surface area (Å²) in [6, 6.07) is 2.94. The fraction of sp³-hybridized carbons (Fsp3) is 0.588. The molecule has 1 N–H and O–H groups in total. The molecule has 1 heterocycles. The zero-order valence-electron chi connectivity index (χ0n) is 13.7. The van der Waals surface area contributed by atoms with Gasteiger partial charge in [-0.3, -0.25) is 0 Å². The van der Waals surface area contributed by atoms with Gasteiger partial charge in [0.1, 0.15) is 0 Å². The maximum absolute atomic E-state index is 13.2. The van der Waals surface area contributed by atoms with Crippen LogP contribution in [0.25, 0.3) is 0 Å². The molecule has 0 bridgehead atoms. The van der Waals surface area contributed by atoms with Gasteiger partial charge in [-0.15, -0.1) is 0 Å². The summed E-state index contributed by atoms with van der Waals surface area (Å²) in [5, 5.41) is 18.6. The molecule has 2 aliphatic rings. The maximum Gasteiger partial charge on any atom is 0.417 e. The Labute approximate surface area is 145 Å². The van der Waals surface area contributed by atoms with E-state index < -0.39 is 35.6 Å². The summed E-state index contributed by atoms with van der Waals surface area (Å²) in [5.41, 5.74) is -2.13. The second-order valence-electron chi connectivity index (χ2n) is 7.31. The van der Waals surface area contributed by atoms with E-state index in [1.54, 1.807) is 0 Å². The third-order valence-corrected chi connectivity index (χ3v) is 5.46. The quantitative estimate of drug-likeness (QED) is 0.788. The Balaban J connectivity index is 2.03. The first-order chi connectivity index (χ1) is 11.9. The van der Waals surface area contributed by atoms with Crippen molar-refractivity contribution in [1.82, 2.24) is 0 Å². The van der Waals surface area contributed by atoms with Gasteiger partial charge in [-0.25, -0.2) is 0 Å². The van der Waals surface area contributed by atoms with Crippen molar-refractivity contribution in [3.63, 3.8) is 0 Å². The lowest BCUT2D eigenvalue weighted by Gasteiger charge is -2.42.